The average molecular weight is 413 g/mol. The predicted molar refractivity (Wildman–Crippen MR) is 106 cm³/mol. The molecule has 0 unspecified atom stereocenters. The summed E-state index contributed by atoms with van der Waals surface area (Å²) in [4.78, 5) is 50.4. The molecule has 0 saturated heterocycles. The van der Waals surface area contributed by atoms with E-state index in [1.54, 1.807) is 0 Å². The quantitative estimate of drug-likeness (QED) is 0.156. The zero-order valence-corrected chi connectivity index (χ0v) is 15.6. The lowest BCUT2D eigenvalue weighted by Crippen LogP contribution is -2.21. The number of ketones is 1. The van der Waals surface area contributed by atoms with Crippen LogP contribution in [0.4, 0.5) is 5.69 Å². The first-order valence-corrected chi connectivity index (χ1v) is 8.65. The van der Waals surface area contributed by atoms with Crippen molar-refractivity contribution >= 4 is 35.3 Å². The van der Waals surface area contributed by atoms with Gasteiger partial charge in [0.2, 0.25) is 0 Å². The van der Waals surface area contributed by atoms with Gasteiger partial charge in [0.05, 0.1) is 23.6 Å². The second-order valence-corrected chi connectivity index (χ2v) is 6.26. The second-order valence-electron chi connectivity index (χ2n) is 6.26. The van der Waals surface area contributed by atoms with Crippen molar-refractivity contribution in [1.82, 2.24) is 0 Å². The van der Waals surface area contributed by atoms with Gasteiger partial charge in [-0.2, -0.15) is 0 Å². The molecule has 0 aromatic heterocycles. The van der Waals surface area contributed by atoms with Gasteiger partial charge in [0, 0.05) is 12.0 Å². The molecule has 0 aliphatic heterocycles. The van der Waals surface area contributed by atoms with Crippen LogP contribution < -0.4 is 16.2 Å². The largest absolute Gasteiger partial charge is 0.481 e. The second kappa shape index (κ2) is 9.82. The van der Waals surface area contributed by atoms with Crippen molar-refractivity contribution in [3.8, 4) is 5.75 Å². The van der Waals surface area contributed by atoms with E-state index < -0.39 is 42.5 Å². The average Bonchev–Trinajstić information content (AvgIpc) is 2.67. The molecule has 6 N–H and O–H groups in total. The molecule has 0 spiro atoms. The molecule has 10 heteroatoms. The smallest absolute Gasteiger partial charge is 0.343 e. The highest BCUT2D eigenvalue weighted by molar-refractivity contribution is 5.99. The summed E-state index contributed by atoms with van der Waals surface area (Å²) in [6, 6.07) is 11.6. The van der Waals surface area contributed by atoms with E-state index in [1.165, 1.54) is 48.5 Å². The third-order valence-electron chi connectivity index (χ3n) is 3.93. The fourth-order valence-electron chi connectivity index (χ4n) is 2.52. The molecule has 0 amide bonds. The fourth-order valence-corrected chi connectivity index (χ4v) is 2.52. The summed E-state index contributed by atoms with van der Waals surface area (Å²) in [6.45, 7) is 0. The van der Waals surface area contributed by atoms with E-state index in [4.69, 9.17) is 26.4 Å². The molecule has 0 fully saturated rings. The van der Waals surface area contributed by atoms with Crippen LogP contribution in [-0.2, 0) is 9.59 Å². The number of Topliss-reactive ketones (excluding diaryl/α,β-unsaturated/α-hetero) is 1. The van der Waals surface area contributed by atoms with Crippen molar-refractivity contribution in [1.29, 1.82) is 0 Å². The van der Waals surface area contributed by atoms with Crippen molar-refractivity contribution < 1.29 is 34.1 Å². The van der Waals surface area contributed by atoms with Gasteiger partial charge in [-0.3, -0.25) is 14.4 Å². The third-order valence-corrected chi connectivity index (χ3v) is 3.93. The highest BCUT2D eigenvalue weighted by Crippen LogP contribution is 2.20. The number of rotatable bonds is 9. The maximum atomic E-state index is 12.3. The molecule has 0 bridgehead atoms. The third kappa shape index (κ3) is 6.44. The molecule has 156 valence electrons. The van der Waals surface area contributed by atoms with Gasteiger partial charge in [0.25, 0.3) is 0 Å². The minimum absolute atomic E-state index is 0.0734. The highest BCUT2D eigenvalue weighted by atomic mass is 16.5. The molecule has 2 rings (SSSR count). The minimum atomic E-state index is -1.38. The first-order valence-electron chi connectivity index (χ1n) is 8.65. The Hall–Kier alpha value is -4.21. The highest BCUT2D eigenvalue weighted by Gasteiger charge is 2.25. The summed E-state index contributed by atoms with van der Waals surface area (Å²) in [7, 11) is 0. The van der Waals surface area contributed by atoms with Gasteiger partial charge >= 0.3 is 17.9 Å². The molecule has 0 aliphatic carbocycles. The number of carbonyl (C=O) groups is 4. The van der Waals surface area contributed by atoms with Crippen LogP contribution in [0.15, 0.2) is 53.5 Å². The zero-order chi connectivity index (χ0) is 22.3. The zero-order valence-electron chi connectivity index (χ0n) is 15.6. The lowest BCUT2D eigenvalue weighted by atomic mass is 9.95. The fraction of sp³-hybridized carbons (Fsp3) is 0.150. The molecule has 0 saturated carbocycles. The number of carboxylic acid groups (broad SMARTS) is 2. The standard InChI is InChI=1S/C20H19N3O7/c21-20(22)23-14-6-4-11(5-7-14)19(29)30-15-3-1-2-12(8-15)16(24)9-13(18(27)28)10-17(25)26/h1-8,13H,9-10H2,(H,25,26)(H,27,28)(H4,21,22,23)/t13-/m0/s1. The number of ether oxygens (including phenoxy) is 1. The van der Waals surface area contributed by atoms with E-state index in [1.807, 2.05) is 0 Å². The number of hydrogen-bond acceptors (Lipinski definition) is 6. The van der Waals surface area contributed by atoms with Crippen LogP contribution in [0.5, 0.6) is 5.75 Å². The molecule has 0 aliphatic rings. The summed E-state index contributed by atoms with van der Waals surface area (Å²) < 4.78 is 5.24. The van der Waals surface area contributed by atoms with Crippen LogP contribution in [-0.4, -0.2) is 39.9 Å². The van der Waals surface area contributed by atoms with Gasteiger partial charge in [-0.25, -0.2) is 9.79 Å². The van der Waals surface area contributed by atoms with Gasteiger partial charge in [-0.05, 0) is 36.4 Å². The number of aliphatic carboxylic acids is 2. The predicted octanol–water partition coefficient (Wildman–Crippen LogP) is 1.56. The number of guanidine groups is 1. The van der Waals surface area contributed by atoms with Crippen molar-refractivity contribution in [3.05, 3.63) is 59.7 Å². The first-order chi connectivity index (χ1) is 14.2. The van der Waals surface area contributed by atoms with Gasteiger partial charge in [-0.1, -0.05) is 12.1 Å². The summed E-state index contributed by atoms with van der Waals surface area (Å²) in [6.07, 6.45) is -1.17. The summed E-state index contributed by atoms with van der Waals surface area (Å²) in [5.74, 6) is -5.37. The topological polar surface area (TPSA) is 182 Å². The SMILES string of the molecule is NC(N)=Nc1ccc(C(=O)Oc2cccc(C(=O)C[C@@H](CC(=O)O)C(=O)O)c2)cc1. The van der Waals surface area contributed by atoms with E-state index in [0.29, 0.717) is 5.69 Å². The summed E-state index contributed by atoms with van der Waals surface area (Å²) >= 11 is 0. The molecule has 2 aromatic carbocycles. The molecule has 10 nitrogen and oxygen atoms in total. The molecular formula is C20H19N3O7. The van der Waals surface area contributed by atoms with E-state index in [9.17, 15) is 19.2 Å². The maximum Gasteiger partial charge on any atom is 0.343 e. The van der Waals surface area contributed by atoms with Gasteiger partial charge in [0.1, 0.15) is 5.75 Å². The Bertz CT molecular complexity index is 996. The number of benzene rings is 2. The maximum absolute atomic E-state index is 12.3. The minimum Gasteiger partial charge on any atom is -0.481 e. The first kappa shape index (κ1) is 22.1. The van der Waals surface area contributed by atoms with Crippen molar-refractivity contribution in [3.63, 3.8) is 0 Å². The monoisotopic (exact) mass is 413 g/mol. The van der Waals surface area contributed by atoms with Crippen LogP contribution in [0.3, 0.4) is 0 Å². The molecule has 1 atom stereocenters. The van der Waals surface area contributed by atoms with Crippen molar-refractivity contribution in [2.75, 3.05) is 0 Å². The number of aliphatic imine (C=N–C) groups is 1. The molecule has 0 heterocycles. The Morgan fingerprint density at radius 3 is 2.17 bits per heavy atom. The van der Waals surface area contributed by atoms with Crippen LogP contribution >= 0.6 is 0 Å². The van der Waals surface area contributed by atoms with Gasteiger partial charge in [0.15, 0.2) is 11.7 Å². The number of nitrogens with two attached hydrogens (primary N) is 2. The number of nitrogens with zero attached hydrogens (tertiary/aromatic N) is 1. The molecule has 0 radical (unpaired) electrons. The number of carbonyl (C=O) groups excluding carboxylic acids is 2. The number of esters is 1. The summed E-state index contributed by atoms with van der Waals surface area (Å²) in [5, 5.41) is 17.9. The normalized spacial score (nSPS) is 11.2. The molecule has 30 heavy (non-hydrogen) atoms. The van der Waals surface area contributed by atoms with E-state index >= 15 is 0 Å². The molecular weight excluding hydrogens is 394 g/mol. The van der Waals surface area contributed by atoms with Gasteiger partial charge < -0.3 is 26.4 Å². The lowest BCUT2D eigenvalue weighted by Gasteiger charge is -2.10. The van der Waals surface area contributed by atoms with E-state index in [0.717, 1.165) is 0 Å². The van der Waals surface area contributed by atoms with Gasteiger partial charge in [-0.15, -0.1) is 0 Å². The van der Waals surface area contributed by atoms with Crippen molar-refractivity contribution in [2.45, 2.75) is 12.8 Å². The van der Waals surface area contributed by atoms with Crippen LogP contribution in [0.2, 0.25) is 0 Å². The lowest BCUT2D eigenvalue weighted by molar-refractivity contribution is -0.148. The summed E-state index contributed by atoms with van der Waals surface area (Å²) in [5.41, 5.74) is 11.3. The number of hydrogen-bond donors (Lipinski definition) is 4. The Labute approximate surface area is 170 Å². The molecule has 2 aromatic rings. The Kier molecular flexibility index (Phi) is 7.23. The van der Waals surface area contributed by atoms with Crippen LogP contribution in [0.25, 0.3) is 0 Å². The Morgan fingerprint density at radius 2 is 1.60 bits per heavy atom. The van der Waals surface area contributed by atoms with Crippen LogP contribution in [0.1, 0.15) is 33.6 Å². The van der Waals surface area contributed by atoms with E-state index in [2.05, 4.69) is 4.99 Å². The van der Waals surface area contributed by atoms with Crippen LogP contribution in [0, 0.1) is 5.92 Å². The Morgan fingerprint density at radius 1 is 0.933 bits per heavy atom. The van der Waals surface area contributed by atoms with Crippen molar-refractivity contribution in [2.24, 2.45) is 22.4 Å². The Balaban J connectivity index is 2.10. The number of carboxylic acids is 2. The van der Waals surface area contributed by atoms with E-state index in [-0.39, 0.29) is 22.8 Å².